The highest BCUT2D eigenvalue weighted by molar-refractivity contribution is 6.37. The molecule has 1 unspecified atom stereocenters. The predicted octanol–water partition coefficient (Wildman–Crippen LogP) is 4.35. The van der Waals surface area contributed by atoms with Crippen molar-refractivity contribution < 1.29 is 14.3 Å². The average Bonchev–Trinajstić information content (AvgIpc) is 3.07. The first kappa shape index (κ1) is 20.4. The van der Waals surface area contributed by atoms with Crippen LogP contribution >= 0.6 is 23.2 Å². The summed E-state index contributed by atoms with van der Waals surface area (Å²) in [6, 6.07) is 10.2. The third-order valence-electron chi connectivity index (χ3n) is 4.90. The number of aromatic nitrogens is 3. The molecule has 9 heteroatoms. The molecule has 1 aliphatic rings. The van der Waals surface area contributed by atoms with Crippen molar-refractivity contribution in [3.63, 3.8) is 0 Å². The molecular weight excluding hydrogens is 427 g/mol. The van der Waals surface area contributed by atoms with E-state index >= 15 is 0 Å². The van der Waals surface area contributed by atoms with Crippen LogP contribution < -0.4 is 4.74 Å². The van der Waals surface area contributed by atoms with Gasteiger partial charge in [-0.25, -0.2) is 0 Å². The SMILES string of the molecule is COC(=O)CC1N=C(c2cc(Cl)ccc2Cl)c2cc(OC)ccc2-n2c(C)nnc21. The van der Waals surface area contributed by atoms with Crippen molar-refractivity contribution in [2.24, 2.45) is 4.99 Å². The van der Waals surface area contributed by atoms with Crippen LogP contribution in [0.25, 0.3) is 5.69 Å². The lowest BCUT2D eigenvalue weighted by Crippen LogP contribution is -2.12. The zero-order chi connectivity index (χ0) is 21.4. The van der Waals surface area contributed by atoms with Gasteiger partial charge in [-0.1, -0.05) is 23.2 Å². The minimum Gasteiger partial charge on any atom is -0.497 e. The van der Waals surface area contributed by atoms with Crippen LogP contribution in [0.1, 0.15) is 35.2 Å². The van der Waals surface area contributed by atoms with E-state index in [2.05, 4.69) is 10.2 Å². The molecule has 0 bridgehead atoms. The molecule has 30 heavy (non-hydrogen) atoms. The molecule has 0 radical (unpaired) electrons. The van der Waals surface area contributed by atoms with Crippen molar-refractivity contribution in [2.75, 3.05) is 14.2 Å². The molecule has 0 saturated heterocycles. The topological polar surface area (TPSA) is 78.6 Å². The standard InChI is InChI=1S/C21H18Cl2N4O3/c1-11-25-26-21-17(10-19(28)30-3)24-20(14-8-12(22)4-6-16(14)23)15-9-13(29-2)5-7-18(15)27(11)21/h4-9,17H,10H2,1-3H3. The molecule has 0 N–H and O–H groups in total. The number of aryl methyl sites for hydroxylation is 1. The lowest BCUT2D eigenvalue weighted by atomic mass is 9.99. The lowest BCUT2D eigenvalue weighted by molar-refractivity contribution is -0.141. The van der Waals surface area contributed by atoms with Gasteiger partial charge in [-0.05, 0) is 43.3 Å². The van der Waals surface area contributed by atoms with Gasteiger partial charge >= 0.3 is 5.97 Å². The molecule has 154 valence electrons. The Kier molecular flexibility index (Phi) is 5.49. The Balaban J connectivity index is 2.04. The molecule has 0 amide bonds. The number of esters is 1. The summed E-state index contributed by atoms with van der Waals surface area (Å²) in [6.45, 7) is 1.84. The lowest BCUT2D eigenvalue weighted by Gasteiger charge is -2.15. The summed E-state index contributed by atoms with van der Waals surface area (Å²) >= 11 is 12.8. The molecule has 2 aromatic carbocycles. The molecule has 4 rings (SSSR count). The van der Waals surface area contributed by atoms with E-state index < -0.39 is 12.0 Å². The third-order valence-corrected chi connectivity index (χ3v) is 5.47. The van der Waals surface area contributed by atoms with Crippen LogP contribution in [0.4, 0.5) is 0 Å². The van der Waals surface area contributed by atoms with E-state index in [9.17, 15) is 4.79 Å². The quantitative estimate of drug-likeness (QED) is 0.558. The number of ether oxygens (including phenoxy) is 2. The highest BCUT2D eigenvalue weighted by atomic mass is 35.5. The first-order valence-electron chi connectivity index (χ1n) is 9.13. The summed E-state index contributed by atoms with van der Waals surface area (Å²) in [5.74, 6) is 1.45. The van der Waals surface area contributed by atoms with Gasteiger partial charge in [0.1, 0.15) is 17.6 Å². The highest BCUT2D eigenvalue weighted by Crippen LogP contribution is 2.36. The van der Waals surface area contributed by atoms with Crippen LogP contribution in [0.2, 0.25) is 10.0 Å². The number of hydrogen-bond donors (Lipinski definition) is 0. The highest BCUT2D eigenvalue weighted by Gasteiger charge is 2.30. The van der Waals surface area contributed by atoms with E-state index in [0.29, 0.717) is 38.7 Å². The van der Waals surface area contributed by atoms with Gasteiger partial charge in [0.25, 0.3) is 0 Å². The number of hydrogen-bond acceptors (Lipinski definition) is 6. The predicted molar refractivity (Wildman–Crippen MR) is 114 cm³/mol. The Morgan fingerprint density at radius 1 is 1.10 bits per heavy atom. The van der Waals surface area contributed by atoms with E-state index in [0.717, 1.165) is 11.3 Å². The Morgan fingerprint density at radius 2 is 1.90 bits per heavy atom. The summed E-state index contributed by atoms with van der Waals surface area (Å²) in [5, 5.41) is 9.51. The second-order valence-electron chi connectivity index (χ2n) is 6.72. The Bertz CT molecular complexity index is 1170. The van der Waals surface area contributed by atoms with Crippen molar-refractivity contribution in [3.8, 4) is 11.4 Å². The summed E-state index contributed by atoms with van der Waals surface area (Å²) in [7, 11) is 2.93. The van der Waals surface area contributed by atoms with Crippen LogP contribution in [-0.2, 0) is 9.53 Å². The number of benzene rings is 2. The largest absolute Gasteiger partial charge is 0.497 e. The number of fused-ring (bicyclic) bond motifs is 3. The maximum Gasteiger partial charge on any atom is 0.308 e. The van der Waals surface area contributed by atoms with Crippen LogP contribution in [0.5, 0.6) is 5.75 Å². The monoisotopic (exact) mass is 444 g/mol. The molecular formula is C21H18Cl2N4O3. The van der Waals surface area contributed by atoms with Crippen molar-refractivity contribution >= 4 is 34.9 Å². The number of carbonyl (C=O) groups is 1. The second-order valence-corrected chi connectivity index (χ2v) is 7.57. The van der Waals surface area contributed by atoms with Gasteiger partial charge < -0.3 is 9.47 Å². The fourth-order valence-corrected chi connectivity index (χ4v) is 3.85. The third kappa shape index (κ3) is 3.55. The molecule has 1 aromatic heterocycles. The first-order valence-corrected chi connectivity index (χ1v) is 9.89. The number of aliphatic imine (C=N–C) groups is 1. The van der Waals surface area contributed by atoms with Gasteiger partial charge in [-0.15, -0.1) is 10.2 Å². The molecule has 0 fully saturated rings. The zero-order valence-corrected chi connectivity index (χ0v) is 18.0. The van der Waals surface area contributed by atoms with E-state index in [1.54, 1.807) is 25.3 Å². The molecule has 1 aliphatic heterocycles. The zero-order valence-electron chi connectivity index (χ0n) is 16.5. The molecule has 3 aromatic rings. The van der Waals surface area contributed by atoms with Gasteiger partial charge in [0.2, 0.25) is 0 Å². The Labute approximate surface area is 183 Å². The minimum atomic E-state index is -0.623. The molecule has 1 atom stereocenters. The van der Waals surface area contributed by atoms with E-state index in [-0.39, 0.29) is 6.42 Å². The van der Waals surface area contributed by atoms with Gasteiger partial charge in [0, 0.05) is 16.1 Å². The summed E-state index contributed by atoms with van der Waals surface area (Å²) < 4.78 is 12.2. The van der Waals surface area contributed by atoms with Gasteiger partial charge in [0.15, 0.2) is 5.82 Å². The van der Waals surface area contributed by atoms with Crippen LogP contribution in [0.15, 0.2) is 41.4 Å². The fourth-order valence-electron chi connectivity index (χ4n) is 3.47. The van der Waals surface area contributed by atoms with E-state index in [1.165, 1.54) is 7.11 Å². The number of carbonyl (C=O) groups excluding carboxylic acids is 1. The van der Waals surface area contributed by atoms with Crippen LogP contribution in [0.3, 0.4) is 0 Å². The van der Waals surface area contributed by atoms with Gasteiger partial charge in [0.05, 0.1) is 37.1 Å². The van der Waals surface area contributed by atoms with Crippen LogP contribution in [0, 0.1) is 6.92 Å². The molecule has 0 aliphatic carbocycles. The maximum atomic E-state index is 12.1. The second kappa shape index (κ2) is 8.08. The summed E-state index contributed by atoms with van der Waals surface area (Å²) in [6.07, 6.45) is 0.00143. The van der Waals surface area contributed by atoms with Crippen molar-refractivity contribution in [1.82, 2.24) is 14.8 Å². The maximum absolute atomic E-state index is 12.1. The molecule has 2 heterocycles. The van der Waals surface area contributed by atoms with E-state index in [4.69, 9.17) is 37.7 Å². The minimum absolute atomic E-state index is 0.00143. The number of rotatable bonds is 4. The van der Waals surface area contributed by atoms with Crippen LogP contribution in [-0.4, -0.2) is 40.7 Å². The molecule has 7 nitrogen and oxygen atoms in total. The normalized spacial score (nSPS) is 15.0. The first-order chi connectivity index (χ1) is 14.4. The van der Waals surface area contributed by atoms with Crippen molar-refractivity contribution in [3.05, 3.63) is 69.2 Å². The fraction of sp³-hybridized carbons (Fsp3) is 0.238. The smallest absolute Gasteiger partial charge is 0.308 e. The van der Waals surface area contributed by atoms with Gasteiger partial charge in [-0.3, -0.25) is 14.4 Å². The average molecular weight is 445 g/mol. The number of methoxy groups -OCH3 is 2. The molecule has 0 spiro atoms. The van der Waals surface area contributed by atoms with Gasteiger partial charge in [-0.2, -0.15) is 0 Å². The summed E-state index contributed by atoms with van der Waals surface area (Å²) in [4.78, 5) is 17.0. The van der Waals surface area contributed by atoms with E-state index in [1.807, 2.05) is 29.7 Å². The van der Waals surface area contributed by atoms with Crippen molar-refractivity contribution in [1.29, 1.82) is 0 Å². The number of nitrogens with zero attached hydrogens (tertiary/aromatic N) is 4. The Hall–Kier alpha value is -2.90. The molecule has 0 saturated carbocycles. The summed E-state index contributed by atoms with van der Waals surface area (Å²) in [5.41, 5.74) is 2.78. The number of halogens is 2. The van der Waals surface area contributed by atoms with Crippen molar-refractivity contribution in [2.45, 2.75) is 19.4 Å². The Morgan fingerprint density at radius 3 is 2.63 bits per heavy atom.